The van der Waals surface area contributed by atoms with Crippen molar-refractivity contribution in [1.29, 1.82) is 0 Å². The number of unbranched alkanes of at least 4 members (excludes halogenated alkanes) is 8. The Bertz CT molecular complexity index is 1220. The first kappa shape index (κ1) is 29.2. The summed E-state index contributed by atoms with van der Waals surface area (Å²) < 4.78 is 29.3. The van der Waals surface area contributed by atoms with E-state index < -0.39 is 11.6 Å². The van der Waals surface area contributed by atoms with Gasteiger partial charge in [-0.15, -0.1) is 0 Å². The van der Waals surface area contributed by atoms with Crippen LogP contribution in [-0.2, 0) is 12.8 Å². The first-order valence-electron chi connectivity index (χ1n) is 14.3. The Hall–Kier alpha value is -3.36. The van der Waals surface area contributed by atoms with Gasteiger partial charge in [-0.25, -0.2) is 8.78 Å². The van der Waals surface area contributed by atoms with Crippen LogP contribution >= 0.6 is 0 Å². The molecule has 0 bridgehead atoms. The molecule has 3 aromatic rings. The highest BCUT2D eigenvalue weighted by atomic mass is 19.1. The molecule has 0 unspecified atom stereocenters. The molecule has 0 aliphatic carbocycles. The molecule has 0 aliphatic rings. The van der Waals surface area contributed by atoms with Gasteiger partial charge in [0, 0.05) is 16.7 Å². The summed E-state index contributed by atoms with van der Waals surface area (Å²) >= 11 is 0. The van der Waals surface area contributed by atoms with Gasteiger partial charge in [0.05, 0.1) is 5.56 Å². The summed E-state index contributed by atoms with van der Waals surface area (Å²) in [6.45, 7) is 4.44. The van der Waals surface area contributed by atoms with Crippen LogP contribution in [0.5, 0.6) is 0 Å². The Morgan fingerprint density at radius 1 is 0.474 bits per heavy atom. The third kappa shape index (κ3) is 10.2. The van der Waals surface area contributed by atoms with E-state index in [1.54, 1.807) is 0 Å². The van der Waals surface area contributed by atoms with Gasteiger partial charge in [0.2, 0.25) is 0 Å². The fourth-order valence-corrected chi connectivity index (χ4v) is 4.42. The monoisotopic (exact) mass is 510 g/mol. The number of hydrogen-bond donors (Lipinski definition) is 0. The molecule has 0 N–H and O–H groups in total. The number of aryl methyl sites for hydroxylation is 2. The van der Waals surface area contributed by atoms with Gasteiger partial charge in [-0.2, -0.15) is 0 Å². The molecule has 0 nitrogen and oxygen atoms in total. The lowest BCUT2D eigenvalue weighted by Crippen LogP contribution is -1.93. The van der Waals surface area contributed by atoms with Crippen molar-refractivity contribution in [2.75, 3.05) is 0 Å². The molecule has 0 amide bonds. The molecule has 0 fully saturated rings. The summed E-state index contributed by atoms with van der Waals surface area (Å²) in [4.78, 5) is 0. The third-order valence-corrected chi connectivity index (χ3v) is 6.77. The lowest BCUT2D eigenvalue weighted by Gasteiger charge is -2.02. The predicted molar refractivity (Wildman–Crippen MR) is 156 cm³/mol. The third-order valence-electron chi connectivity index (χ3n) is 6.77. The molecule has 0 aliphatic heterocycles. The van der Waals surface area contributed by atoms with E-state index in [9.17, 15) is 8.78 Å². The van der Waals surface area contributed by atoms with Gasteiger partial charge in [-0.05, 0) is 73.2 Å². The smallest absolute Gasteiger partial charge is 0.143 e. The first-order valence-corrected chi connectivity index (χ1v) is 14.3. The highest BCUT2D eigenvalue weighted by Gasteiger charge is 2.08. The van der Waals surface area contributed by atoms with Crippen molar-refractivity contribution in [1.82, 2.24) is 0 Å². The Balaban J connectivity index is 1.57. The Morgan fingerprint density at radius 3 is 1.32 bits per heavy atom. The molecule has 2 heteroatoms. The van der Waals surface area contributed by atoms with Crippen molar-refractivity contribution >= 4 is 0 Å². The summed E-state index contributed by atoms with van der Waals surface area (Å²) in [5.41, 5.74) is 4.21. The van der Waals surface area contributed by atoms with E-state index in [1.165, 1.54) is 87.5 Å². The maximum Gasteiger partial charge on any atom is 0.143 e. The highest BCUT2D eigenvalue weighted by Crippen LogP contribution is 2.16. The molecule has 198 valence electrons. The van der Waals surface area contributed by atoms with Gasteiger partial charge < -0.3 is 0 Å². The quantitative estimate of drug-likeness (QED) is 0.168. The maximum absolute atomic E-state index is 14.7. The van der Waals surface area contributed by atoms with Crippen LogP contribution in [0.4, 0.5) is 8.78 Å². The molecule has 0 spiro atoms. The minimum Gasteiger partial charge on any atom is -0.205 e. The van der Waals surface area contributed by atoms with Crippen molar-refractivity contribution in [3.63, 3.8) is 0 Å². The topological polar surface area (TPSA) is 0 Å². The van der Waals surface area contributed by atoms with E-state index in [2.05, 4.69) is 61.8 Å². The number of rotatable bonds is 12. The zero-order valence-electron chi connectivity index (χ0n) is 23.0. The lowest BCUT2D eigenvalue weighted by atomic mass is 10.0. The van der Waals surface area contributed by atoms with Gasteiger partial charge in [-0.3, -0.25) is 0 Å². The van der Waals surface area contributed by atoms with E-state index >= 15 is 0 Å². The fraction of sp³-hybridized carbons (Fsp3) is 0.389. The van der Waals surface area contributed by atoms with Crippen LogP contribution in [-0.4, -0.2) is 0 Å². The Labute approximate surface area is 228 Å². The fourth-order valence-electron chi connectivity index (χ4n) is 4.42. The molecule has 0 saturated heterocycles. The summed E-state index contributed by atoms with van der Waals surface area (Å²) in [7, 11) is 0. The summed E-state index contributed by atoms with van der Waals surface area (Å²) in [6, 6.07) is 18.6. The van der Waals surface area contributed by atoms with Crippen LogP contribution < -0.4 is 0 Å². The van der Waals surface area contributed by atoms with Crippen molar-refractivity contribution < 1.29 is 8.78 Å². The number of halogens is 2. The van der Waals surface area contributed by atoms with E-state index in [0.717, 1.165) is 24.0 Å². The second-order valence-corrected chi connectivity index (χ2v) is 10.0. The SMILES string of the molecule is CCCCCCCc1ccc(C#Cc2cc(F)c(C#Cc3ccc(CCCCCCC)cc3)c(F)c2)cc1. The van der Waals surface area contributed by atoms with Crippen LogP contribution in [0, 0.1) is 35.3 Å². The van der Waals surface area contributed by atoms with Gasteiger partial charge in [0.1, 0.15) is 11.6 Å². The van der Waals surface area contributed by atoms with Crippen molar-refractivity contribution in [3.05, 3.63) is 106 Å². The van der Waals surface area contributed by atoms with Crippen LogP contribution in [0.25, 0.3) is 0 Å². The normalized spacial score (nSPS) is 10.4. The lowest BCUT2D eigenvalue weighted by molar-refractivity contribution is 0.577. The molecule has 0 heterocycles. The second kappa shape index (κ2) is 16.5. The van der Waals surface area contributed by atoms with Crippen LogP contribution in [0.1, 0.15) is 111 Å². The molecule has 0 aromatic heterocycles. The summed E-state index contributed by atoms with van der Waals surface area (Å²) in [5, 5.41) is 0. The van der Waals surface area contributed by atoms with Gasteiger partial charge in [0.25, 0.3) is 0 Å². The van der Waals surface area contributed by atoms with Gasteiger partial charge in [0.15, 0.2) is 0 Å². The second-order valence-electron chi connectivity index (χ2n) is 10.0. The number of hydrogen-bond acceptors (Lipinski definition) is 0. The molecule has 3 rings (SSSR count). The van der Waals surface area contributed by atoms with Crippen molar-refractivity contribution in [3.8, 4) is 23.7 Å². The van der Waals surface area contributed by atoms with E-state index in [1.807, 2.05) is 24.3 Å². The zero-order chi connectivity index (χ0) is 27.0. The minimum absolute atomic E-state index is 0.223. The molecule has 38 heavy (non-hydrogen) atoms. The average molecular weight is 511 g/mol. The van der Waals surface area contributed by atoms with Crippen LogP contribution in [0.3, 0.4) is 0 Å². The van der Waals surface area contributed by atoms with Crippen molar-refractivity contribution in [2.24, 2.45) is 0 Å². The molecule has 0 atom stereocenters. The van der Waals surface area contributed by atoms with Gasteiger partial charge >= 0.3 is 0 Å². The Morgan fingerprint density at radius 2 is 0.868 bits per heavy atom. The molecular formula is C36H40F2. The minimum atomic E-state index is -0.691. The van der Waals surface area contributed by atoms with Crippen LogP contribution in [0.15, 0.2) is 60.7 Å². The van der Waals surface area contributed by atoms with Crippen molar-refractivity contribution in [2.45, 2.75) is 90.9 Å². The molecule has 0 radical (unpaired) electrons. The summed E-state index contributed by atoms with van der Waals surface area (Å²) in [6.07, 6.45) is 14.7. The molecular weight excluding hydrogens is 470 g/mol. The van der Waals surface area contributed by atoms with Gasteiger partial charge in [-0.1, -0.05) is 113 Å². The largest absolute Gasteiger partial charge is 0.205 e. The highest BCUT2D eigenvalue weighted by molar-refractivity contribution is 5.49. The zero-order valence-corrected chi connectivity index (χ0v) is 23.0. The molecule has 3 aromatic carbocycles. The summed E-state index contributed by atoms with van der Waals surface area (Å²) in [5.74, 6) is 10.1. The van der Waals surface area contributed by atoms with E-state index in [-0.39, 0.29) is 5.56 Å². The number of benzene rings is 3. The first-order chi connectivity index (χ1) is 18.6. The average Bonchev–Trinajstić information content (AvgIpc) is 2.92. The maximum atomic E-state index is 14.7. The van der Waals surface area contributed by atoms with E-state index in [0.29, 0.717) is 5.56 Å². The Kier molecular flexibility index (Phi) is 12.7. The predicted octanol–water partition coefficient (Wildman–Crippen LogP) is 9.79. The molecule has 0 saturated carbocycles. The van der Waals surface area contributed by atoms with E-state index in [4.69, 9.17) is 0 Å². The van der Waals surface area contributed by atoms with Crippen LogP contribution in [0.2, 0.25) is 0 Å². The standard InChI is InChI=1S/C36H40F2/c1-3-5-7-9-11-13-29-15-19-31(20-16-29)23-24-33-27-35(37)34(36(38)28-33)26-25-32-21-17-30(18-22-32)14-12-10-8-6-4-2/h15-22,27-28H,3-14H2,1-2H3.